The number of anilines is 4. The lowest BCUT2D eigenvalue weighted by molar-refractivity contribution is 0.0342. The maximum Gasteiger partial charge on any atom is 0.257 e. The first-order valence-electron chi connectivity index (χ1n) is 13.6. The van der Waals surface area contributed by atoms with E-state index in [1.807, 2.05) is 48.5 Å². The highest BCUT2D eigenvalue weighted by atomic mass is 32.2. The Morgan fingerprint density at radius 3 is 2.22 bits per heavy atom. The van der Waals surface area contributed by atoms with Gasteiger partial charge in [-0.1, -0.05) is 54.6 Å². The maximum atomic E-state index is 13.1. The summed E-state index contributed by atoms with van der Waals surface area (Å²) in [4.78, 5) is 15.5. The molecule has 0 unspecified atom stereocenters. The van der Waals surface area contributed by atoms with Crippen molar-refractivity contribution in [1.29, 1.82) is 0 Å². The van der Waals surface area contributed by atoms with Crippen LogP contribution < -0.4 is 14.9 Å². The zero-order valence-electron chi connectivity index (χ0n) is 23.1. The molecule has 2 heterocycles. The van der Waals surface area contributed by atoms with Crippen molar-refractivity contribution in [2.24, 2.45) is 0 Å². The van der Waals surface area contributed by atoms with Crippen LogP contribution in [0.5, 0.6) is 0 Å². The molecule has 2 aliphatic rings. The van der Waals surface area contributed by atoms with E-state index in [4.69, 9.17) is 4.74 Å². The number of carbonyl (C=O) groups excluding carboxylic acids is 1. The highest BCUT2D eigenvalue weighted by Gasteiger charge is 2.22. The Morgan fingerprint density at radius 1 is 0.780 bits per heavy atom. The third kappa shape index (κ3) is 5.69. The van der Waals surface area contributed by atoms with Crippen LogP contribution >= 0.6 is 0 Å². The van der Waals surface area contributed by atoms with Crippen molar-refractivity contribution in [3.8, 4) is 22.3 Å². The summed E-state index contributed by atoms with van der Waals surface area (Å²) >= 11 is 0. The number of benzene rings is 4. The summed E-state index contributed by atoms with van der Waals surface area (Å²) in [5, 5.41) is 6.48. The van der Waals surface area contributed by atoms with Gasteiger partial charge in [-0.15, -0.1) is 0 Å². The molecular weight excluding hydrogens is 536 g/mol. The smallest absolute Gasteiger partial charge is 0.257 e. The Morgan fingerprint density at radius 2 is 1.46 bits per heavy atom. The molecule has 4 aromatic rings. The quantitative estimate of drug-likeness (QED) is 0.317. The zero-order valence-corrected chi connectivity index (χ0v) is 23.9. The van der Waals surface area contributed by atoms with E-state index in [0.29, 0.717) is 22.6 Å². The van der Waals surface area contributed by atoms with Crippen molar-refractivity contribution < 1.29 is 17.9 Å². The van der Waals surface area contributed by atoms with Crippen LogP contribution in [-0.2, 0) is 21.3 Å². The number of fused-ring (bicyclic) bond motifs is 2. The fourth-order valence-corrected chi connectivity index (χ4v) is 5.79. The number of sulfonamides is 1. The van der Waals surface area contributed by atoms with Gasteiger partial charge in [0, 0.05) is 32.2 Å². The number of hydrogen-bond acceptors (Lipinski definition) is 6. The Bertz CT molecular complexity index is 1710. The van der Waals surface area contributed by atoms with E-state index in [1.165, 1.54) is 23.2 Å². The summed E-state index contributed by atoms with van der Waals surface area (Å²) in [6.45, 7) is 4.38. The minimum absolute atomic E-state index is 0.209. The van der Waals surface area contributed by atoms with Gasteiger partial charge in [0.05, 0.1) is 47.8 Å². The summed E-state index contributed by atoms with van der Waals surface area (Å²) in [6, 6.07) is 27.4. The van der Waals surface area contributed by atoms with Crippen LogP contribution in [-0.4, -0.2) is 58.8 Å². The van der Waals surface area contributed by atoms with E-state index in [9.17, 15) is 13.2 Å². The standard InChI is InChI=1S/C32H32N4O4S/c1-35(41(2,38)39)31-6-4-3-5-26(31)25-11-13-27-29(20-25)33-30-19-24(12-14-28(30)34-32(27)37)23-9-7-22(8-10-23)21-36-15-17-40-18-16-36/h3-14,19-20,33H,15-18,21H2,1-2H3,(H,34,37). The van der Waals surface area contributed by atoms with Gasteiger partial charge in [-0.05, 0) is 52.6 Å². The number of rotatable bonds is 6. The number of para-hydroxylation sites is 1. The van der Waals surface area contributed by atoms with Crippen LogP contribution in [0.25, 0.3) is 22.3 Å². The first-order chi connectivity index (χ1) is 19.8. The van der Waals surface area contributed by atoms with Crippen molar-refractivity contribution >= 4 is 38.7 Å². The van der Waals surface area contributed by atoms with E-state index >= 15 is 0 Å². The predicted octanol–water partition coefficient (Wildman–Crippen LogP) is 5.56. The Balaban J connectivity index is 1.30. The highest BCUT2D eigenvalue weighted by Crippen LogP contribution is 2.39. The van der Waals surface area contributed by atoms with Crippen molar-refractivity contribution in [3.63, 3.8) is 0 Å². The lowest BCUT2D eigenvalue weighted by Gasteiger charge is -2.26. The average molecular weight is 569 g/mol. The molecule has 1 saturated heterocycles. The SMILES string of the molecule is CN(c1ccccc1-c1ccc2c(c1)Nc1cc(-c3ccc(CN4CCOCC4)cc3)ccc1NC2=O)S(C)(=O)=O. The molecular formula is C32H32N4O4S. The van der Waals surface area contributed by atoms with Crippen molar-refractivity contribution in [3.05, 3.63) is 96.1 Å². The summed E-state index contributed by atoms with van der Waals surface area (Å²) in [6.07, 6.45) is 1.18. The Kier molecular flexibility index (Phi) is 7.25. The Hall–Kier alpha value is -4.18. The summed E-state index contributed by atoms with van der Waals surface area (Å²) in [5.41, 5.74) is 8.12. The first kappa shape index (κ1) is 27.0. The summed E-state index contributed by atoms with van der Waals surface area (Å²) < 4.78 is 31.3. The molecule has 0 aliphatic carbocycles. The van der Waals surface area contributed by atoms with Gasteiger partial charge in [-0.3, -0.25) is 14.0 Å². The largest absolute Gasteiger partial charge is 0.379 e. The first-order valence-corrected chi connectivity index (χ1v) is 15.4. The number of amides is 1. The van der Waals surface area contributed by atoms with E-state index in [2.05, 4.69) is 39.8 Å². The molecule has 0 atom stereocenters. The third-order valence-corrected chi connectivity index (χ3v) is 8.84. The van der Waals surface area contributed by atoms with E-state index in [1.54, 1.807) is 12.1 Å². The van der Waals surface area contributed by atoms with E-state index < -0.39 is 10.0 Å². The molecule has 6 rings (SSSR count). The molecule has 1 fully saturated rings. The predicted molar refractivity (Wildman–Crippen MR) is 164 cm³/mol. The minimum atomic E-state index is -3.45. The minimum Gasteiger partial charge on any atom is -0.379 e. The molecule has 1 amide bonds. The van der Waals surface area contributed by atoms with Crippen LogP contribution in [0.4, 0.5) is 22.7 Å². The second kappa shape index (κ2) is 11.0. The zero-order chi connectivity index (χ0) is 28.6. The number of nitrogens with zero attached hydrogens (tertiary/aromatic N) is 2. The van der Waals surface area contributed by atoms with Crippen LogP contribution in [0, 0.1) is 0 Å². The van der Waals surface area contributed by atoms with Gasteiger partial charge in [-0.25, -0.2) is 8.42 Å². The normalized spacial score (nSPS) is 15.2. The summed E-state index contributed by atoms with van der Waals surface area (Å²) in [5.74, 6) is -0.209. The molecule has 9 heteroatoms. The molecule has 0 bridgehead atoms. The average Bonchev–Trinajstić information content (AvgIpc) is 3.12. The lowest BCUT2D eigenvalue weighted by atomic mass is 10.00. The van der Waals surface area contributed by atoms with Crippen molar-refractivity contribution in [1.82, 2.24) is 4.90 Å². The van der Waals surface area contributed by atoms with Gasteiger partial charge >= 0.3 is 0 Å². The van der Waals surface area contributed by atoms with Gasteiger partial charge in [0.15, 0.2) is 0 Å². The van der Waals surface area contributed by atoms with E-state index in [0.717, 1.165) is 60.8 Å². The number of ether oxygens (including phenoxy) is 1. The van der Waals surface area contributed by atoms with Gasteiger partial charge < -0.3 is 15.4 Å². The Labute approximate surface area is 240 Å². The third-order valence-electron chi connectivity index (χ3n) is 7.65. The molecule has 41 heavy (non-hydrogen) atoms. The van der Waals surface area contributed by atoms with Crippen LogP contribution in [0.15, 0.2) is 84.9 Å². The molecule has 0 radical (unpaired) electrons. The van der Waals surface area contributed by atoms with Crippen molar-refractivity contribution in [2.75, 3.05) is 54.5 Å². The van der Waals surface area contributed by atoms with Crippen molar-refractivity contribution in [2.45, 2.75) is 6.54 Å². The van der Waals surface area contributed by atoms with Gasteiger partial charge in [-0.2, -0.15) is 0 Å². The van der Waals surface area contributed by atoms with Crippen LogP contribution in [0.1, 0.15) is 15.9 Å². The highest BCUT2D eigenvalue weighted by molar-refractivity contribution is 7.92. The number of carbonyl (C=O) groups is 1. The molecule has 0 spiro atoms. The fraction of sp³-hybridized carbons (Fsp3) is 0.219. The molecule has 2 N–H and O–H groups in total. The molecule has 210 valence electrons. The van der Waals surface area contributed by atoms with Gasteiger partial charge in [0.1, 0.15) is 0 Å². The monoisotopic (exact) mass is 568 g/mol. The van der Waals surface area contributed by atoms with Gasteiger partial charge in [0.25, 0.3) is 5.91 Å². The summed E-state index contributed by atoms with van der Waals surface area (Å²) in [7, 11) is -1.92. The molecule has 4 aromatic carbocycles. The second-order valence-electron chi connectivity index (χ2n) is 10.4. The van der Waals surface area contributed by atoms with Crippen LogP contribution in [0.2, 0.25) is 0 Å². The second-order valence-corrected chi connectivity index (χ2v) is 12.4. The van der Waals surface area contributed by atoms with Crippen LogP contribution in [0.3, 0.4) is 0 Å². The molecule has 2 aliphatic heterocycles. The molecule has 0 aromatic heterocycles. The molecule has 8 nitrogen and oxygen atoms in total. The number of morpholine rings is 1. The van der Waals surface area contributed by atoms with Gasteiger partial charge in [0.2, 0.25) is 10.0 Å². The fourth-order valence-electron chi connectivity index (χ4n) is 5.28. The molecule has 0 saturated carbocycles. The number of hydrogen-bond donors (Lipinski definition) is 2. The van der Waals surface area contributed by atoms with E-state index in [-0.39, 0.29) is 5.91 Å². The maximum absolute atomic E-state index is 13.1. The lowest BCUT2D eigenvalue weighted by Crippen LogP contribution is -2.35. The number of nitrogens with one attached hydrogen (secondary N) is 2. The topological polar surface area (TPSA) is 91.0 Å².